The predicted molar refractivity (Wildman–Crippen MR) is 272 cm³/mol. The lowest BCUT2D eigenvalue weighted by atomic mass is 9.90. The molecule has 0 fully saturated rings. The number of ether oxygens (including phenoxy) is 8. The summed E-state index contributed by atoms with van der Waals surface area (Å²) in [6.07, 6.45) is 0. The summed E-state index contributed by atoms with van der Waals surface area (Å²) in [5, 5.41) is 0. The fourth-order valence-corrected chi connectivity index (χ4v) is 10.5. The normalized spacial score (nSPS) is 16.4. The average molecular weight is 921 g/mol. The van der Waals surface area contributed by atoms with Gasteiger partial charge in [0.1, 0.15) is 34.5 Å². The zero-order chi connectivity index (χ0) is 48.2. The van der Waals surface area contributed by atoms with Crippen LogP contribution in [-0.4, -0.2) is 92.0 Å². The summed E-state index contributed by atoms with van der Waals surface area (Å²) in [6, 6.07) is 26.6. The van der Waals surface area contributed by atoms with Crippen molar-refractivity contribution in [3.63, 3.8) is 0 Å². The number of aryl methyl sites for hydroxylation is 6. The maximum absolute atomic E-state index is 6.48. The first-order valence-corrected chi connectivity index (χ1v) is 23.6. The third-order valence-electron chi connectivity index (χ3n) is 13.1. The molecule has 0 unspecified atom stereocenters. The van der Waals surface area contributed by atoms with Gasteiger partial charge in [0.25, 0.3) is 0 Å². The van der Waals surface area contributed by atoms with Gasteiger partial charge in [0.2, 0.25) is 0 Å². The number of hydrogen-bond acceptors (Lipinski definition) is 10. The second kappa shape index (κ2) is 21.1. The Hall–Kier alpha value is -6.04. The van der Waals surface area contributed by atoms with Crippen molar-refractivity contribution in [2.75, 3.05) is 82.2 Å². The lowest BCUT2D eigenvalue weighted by Crippen LogP contribution is -2.29. The Kier molecular flexibility index (Phi) is 15.0. The molecule has 14 bridgehead atoms. The number of methoxy groups -OCH3 is 6. The summed E-state index contributed by atoms with van der Waals surface area (Å²) in [4.78, 5) is 4.84. The monoisotopic (exact) mass is 920 g/mol. The van der Waals surface area contributed by atoms with Gasteiger partial charge in [-0.25, -0.2) is 0 Å². The van der Waals surface area contributed by atoms with Gasteiger partial charge in [0.05, 0.1) is 69.1 Å². The van der Waals surface area contributed by atoms with E-state index < -0.39 is 0 Å². The van der Waals surface area contributed by atoms with Crippen molar-refractivity contribution in [1.29, 1.82) is 0 Å². The van der Waals surface area contributed by atoms with Crippen LogP contribution in [0.3, 0.4) is 0 Å². The molecule has 2 aliphatic heterocycles. The molecule has 2 heterocycles. The van der Waals surface area contributed by atoms with Gasteiger partial charge in [0.15, 0.2) is 0 Å². The standard InChI is InChI=1S/C58H68N2O8/c1-35-19-41-31-59-13-15-67-17-18-68-16-14-60(33-43-21-37(3)24-46(55(43)63-9)50-28-39(5)27-49(57(50)65-11)45(23-35)53(41)61-7)34-44-22-38(4)26-48(56(44)64-10)52-30-40(6)29-51(58(52)66-12)47-25-36(2)20-42(32-59)54(47)62-8/h19-30H,13-18,31-34H2,1-12H3. The number of fused-ring (bicyclic) bond motifs is 25. The molecule has 10 nitrogen and oxygen atoms in total. The van der Waals surface area contributed by atoms with Crippen molar-refractivity contribution in [2.24, 2.45) is 0 Å². The molecular formula is C58H68N2O8. The molecule has 0 aromatic heterocycles. The van der Waals surface area contributed by atoms with Gasteiger partial charge < -0.3 is 37.9 Å². The second-order valence-corrected chi connectivity index (χ2v) is 18.5. The zero-order valence-electron chi connectivity index (χ0n) is 42.2. The maximum Gasteiger partial charge on any atom is 0.134 e. The van der Waals surface area contributed by atoms with Crippen LogP contribution in [0.4, 0.5) is 0 Å². The highest BCUT2D eigenvalue weighted by molar-refractivity contribution is 5.90. The number of benzene rings is 6. The Morgan fingerprint density at radius 2 is 0.500 bits per heavy atom. The summed E-state index contributed by atoms with van der Waals surface area (Å²) in [7, 11) is 10.6. The van der Waals surface area contributed by atoms with Crippen LogP contribution in [-0.2, 0) is 35.7 Å². The van der Waals surface area contributed by atoms with Gasteiger partial charge >= 0.3 is 0 Å². The average Bonchev–Trinajstić information content (AvgIpc) is 3.30. The first-order valence-electron chi connectivity index (χ1n) is 23.6. The molecule has 6 aromatic carbocycles. The topological polar surface area (TPSA) is 80.3 Å². The summed E-state index contributed by atoms with van der Waals surface area (Å²) < 4.78 is 51.5. The molecule has 6 aromatic rings. The van der Waals surface area contributed by atoms with Crippen molar-refractivity contribution < 1.29 is 37.9 Å². The third kappa shape index (κ3) is 9.92. The quantitative estimate of drug-likeness (QED) is 0.151. The molecule has 0 aliphatic carbocycles. The summed E-state index contributed by atoms with van der Waals surface area (Å²) in [5.74, 6) is 4.67. The van der Waals surface area contributed by atoms with Crippen molar-refractivity contribution in [1.82, 2.24) is 9.80 Å². The van der Waals surface area contributed by atoms with Crippen molar-refractivity contribution in [3.05, 3.63) is 128 Å². The fourth-order valence-electron chi connectivity index (χ4n) is 10.5. The van der Waals surface area contributed by atoms with Gasteiger partial charge in [0, 0.05) is 106 Å². The smallest absolute Gasteiger partial charge is 0.134 e. The van der Waals surface area contributed by atoms with E-state index in [2.05, 4.69) is 124 Å². The molecule has 0 atom stereocenters. The summed E-state index contributed by atoms with van der Waals surface area (Å²) in [5.41, 5.74) is 18.4. The molecule has 0 radical (unpaired) electrons. The van der Waals surface area contributed by atoms with E-state index in [4.69, 9.17) is 37.9 Å². The van der Waals surface area contributed by atoms with Crippen LogP contribution in [0.2, 0.25) is 0 Å². The first kappa shape index (κ1) is 48.4. The molecule has 0 amide bonds. The van der Waals surface area contributed by atoms with Crippen LogP contribution in [0.5, 0.6) is 34.5 Å². The lowest BCUT2D eigenvalue weighted by molar-refractivity contribution is 0.0281. The van der Waals surface area contributed by atoms with Crippen molar-refractivity contribution >= 4 is 0 Å². The number of hydrogen-bond donors (Lipinski definition) is 0. The molecule has 10 heteroatoms. The van der Waals surface area contributed by atoms with Crippen LogP contribution in [0, 0.1) is 41.5 Å². The molecule has 0 N–H and O–H groups in total. The summed E-state index contributed by atoms with van der Waals surface area (Å²) in [6.45, 7) is 18.4. The lowest BCUT2D eigenvalue weighted by Gasteiger charge is -2.28. The van der Waals surface area contributed by atoms with Gasteiger partial charge in [-0.3, -0.25) is 9.80 Å². The minimum atomic E-state index is 0.470. The van der Waals surface area contributed by atoms with Gasteiger partial charge in [-0.15, -0.1) is 0 Å². The highest BCUT2D eigenvalue weighted by Gasteiger charge is 2.28. The Bertz CT molecular complexity index is 2460. The van der Waals surface area contributed by atoms with E-state index >= 15 is 0 Å². The van der Waals surface area contributed by atoms with Crippen LogP contribution >= 0.6 is 0 Å². The van der Waals surface area contributed by atoms with Crippen molar-refractivity contribution in [3.8, 4) is 79.0 Å². The minimum Gasteiger partial charge on any atom is -0.496 e. The van der Waals surface area contributed by atoms with Crippen LogP contribution in [0.1, 0.15) is 55.6 Å². The Morgan fingerprint density at radius 1 is 0.294 bits per heavy atom. The van der Waals surface area contributed by atoms with Crippen LogP contribution in [0.15, 0.2) is 72.8 Å². The van der Waals surface area contributed by atoms with E-state index in [1.807, 2.05) is 0 Å². The molecule has 0 saturated heterocycles. The molecule has 0 saturated carbocycles. The van der Waals surface area contributed by atoms with E-state index in [0.717, 1.165) is 135 Å². The molecule has 2 aliphatic rings. The van der Waals surface area contributed by atoms with Crippen LogP contribution < -0.4 is 28.4 Å². The Morgan fingerprint density at radius 3 is 0.721 bits per heavy atom. The fraction of sp³-hybridized carbons (Fsp3) is 0.379. The SMILES string of the molecule is COc1c2cc(C)cc1-c1cc(C)cc(c1OC)-c1cc(C)cc(c1OC)CN1CCOCCOCCN(C2)Cc2cc(C)cc(c2OC)-c2cc(C)cc(c2OC)-c2cc(C)cc(c2OC)C1. The van der Waals surface area contributed by atoms with Gasteiger partial charge in [-0.1, -0.05) is 24.3 Å². The largest absolute Gasteiger partial charge is 0.496 e. The Balaban J connectivity index is 1.47. The molecule has 358 valence electrons. The summed E-state index contributed by atoms with van der Waals surface area (Å²) >= 11 is 0. The molecule has 68 heavy (non-hydrogen) atoms. The highest BCUT2D eigenvalue weighted by atomic mass is 16.5. The van der Waals surface area contributed by atoms with Crippen molar-refractivity contribution in [2.45, 2.75) is 67.7 Å². The molecule has 8 rings (SSSR count). The van der Waals surface area contributed by atoms with E-state index in [0.29, 0.717) is 65.7 Å². The number of rotatable bonds is 6. The molecular weight excluding hydrogens is 853 g/mol. The third-order valence-corrected chi connectivity index (χ3v) is 13.1. The predicted octanol–water partition coefficient (Wildman–Crippen LogP) is 11.6. The Labute approximate surface area is 403 Å². The number of nitrogens with zero attached hydrogens (tertiary/aromatic N) is 2. The van der Waals surface area contributed by atoms with Gasteiger partial charge in [-0.05, 0) is 123 Å². The maximum atomic E-state index is 6.48. The minimum absolute atomic E-state index is 0.470. The van der Waals surface area contributed by atoms with E-state index in [-0.39, 0.29) is 0 Å². The van der Waals surface area contributed by atoms with Crippen LogP contribution in [0.25, 0.3) is 44.5 Å². The highest BCUT2D eigenvalue weighted by Crippen LogP contribution is 2.50. The zero-order valence-corrected chi connectivity index (χ0v) is 42.2. The van der Waals surface area contributed by atoms with E-state index in [9.17, 15) is 0 Å². The second-order valence-electron chi connectivity index (χ2n) is 18.5. The van der Waals surface area contributed by atoms with Gasteiger partial charge in [-0.2, -0.15) is 0 Å². The van der Waals surface area contributed by atoms with E-state index in [1.165, 1.54) is 0 Å². The first-order chi connectivity index (χ1) is 32.9. The molecule has 0 spiro atoms. The van der Waals surface area contributed by atoms with E-state index in [1.54, 1.807) is 42.7 Å².